The third-order valence-electron chi connectivity index (χ3n) is 2.54. The molecule has 1 N–H and O–H groups in total. The Morgan fingerprint density at radius 1 is 1.42 bits per heavy atom. The van der Waals surface area contributed by atoms with Crippen LogP contribution in [0.1, 0.15) is 38.8 Å². The monoisotopic (exact) mass is 287 g/mol. The summed E-state index contributed by atoms with van der Waals surface area (Å²) in [6, 6.07) is 2.69. The second-order valence-corrected chi connectivity index (χ2v) is 7.24. The highest BCUT2D eigenvalue weighted by Gasteiger charge is 2.30. The molecule has 5 heteroatoms. The molecule has 1 aromatic carbocycles. The molecule has 0 bridgehead atoms. The molecule has 1 unspecified atom stereocenters. The van der Waals surface area contributed by atoms with Gasteiger partial charge in [-0.1, -0.05) is 6.08 Å². The van der Waals surface area contributed by atoms with Gasteiger partial charge in [-0.25, -0.2) is 8.78 Å². The molecule has 0 radical (unpaired) electrons. The van der Waals surface area contributed by atoms with Crippen LogP contribution in [-0.4, -0.2) is 9.30 Å². The molecule has 0 aromatic heterocycles. The normalized spacial score (nSPS) is 15.1. The fourth-order valence-corrected chi connectivity index (χ4v) is 2.33. The Balaban J connectivity index is 3.00. The predicted octanol–water partition coefficient (Wildman–Crippen LogP) is 3.63. The average molecular weight is 287 g/mol. The lowest BCUT2D eigenvalue weighted by atomic mass is 10.0. The summed E-state index contributed by atoms with van der Waals surface area (Å²) in [6.45, 7) is 9.02. The molecule has 0 spiro atoms. The molecular weight excluding hydrogens is 268 g/mol. The SMILES string of the molecule is C=CC[C@@H](N[S+]([O-])C(C)(C)C)c1cc(F)ccc1F. The van der Waals surface area contributed by atoms with Crippen molar-refractivity contribution in [1.82, 2.24) is 4.72 Å². The highest BCUT2D eigenvalue weighted by molar-refractivity contribution is 7.90. The van der Waals surface area contributed by atoms with Crippen LogP contribution in [0.4, 0.5) is 8.78 Å². The van der Waals surface area contributed by atoms with Crippen molar-refractivity contribution in [3.05, 3.63) is 48.1 Å². The first kappa shape index (κ1) is 16.1. The summed E-state index contributed by atoms with van der Waals surface area (Å²) in [5.74, 6) is -1.04. The Kier molecular flexibility index (Phi) is 5.52. The zero-order valence-corrected chi connectivity index (χ0v) is 12.2. The summed E-state index contributed by atoms with van der Waals surface area (Å²) in [5, 5.41) is 0. The van der Waals surface area contributed by atoms with E-state index in [0.717, 1.165) is 18.2 Å². The van der Waals surface area contributed by atoms with Gasteiger partial charge in [0.2, 0.25) is 0 Å². The molecule has 0 aliphatic rings. The van der Waals surface area contributed by atoms with E-state index in [-0.39, 0.29) is 5.56 Å². The van der Waals surface area contributed by atoms with Gasteiger partial charge in [0.15, 0.2) is 0 Å². The zero-order chi connectivity index (χ0) is 14.6. The molecule has 0 saturated carbocycles. The predicted molar refractivity (Wildman–Crippen MR) is 74.9 cm³/mol. The van der Waals surface area contributed by atoms with Gasteiger partial charge in [0.05, 0.1) is 6.04 Å². The largest absolute Gasteiger partial charge is 0.598 e. The van der Waals surface area contributed by atoms with Crippen molar-refractivity contribution in [3.63, 3.8) is 0 Å². The van der Waals surface area contributed by atoms with E-state index in [1.807, 2.05) is 20.8 Å². The Bertz CT molecular complexity index is 446. The number of hydrogen-bond acceptors (Lipinski definition) is 2. The first-order valence-electron chi connectivity index (χ1n) is 5.99. The van der Waals surface area contributed by atoms with Gasteiger partial charge in [0.25, 0.3) is 0 Å². The van der Waals surface area contributed by atoms with E-state index in [1.54, 1.807) is 6.08 Å². The Morgan fingerprint density at radius 3 is 2.58 bits per heavy atom. The molecule has 0 fully saturated rings. The Labute approximate surface area is 116 Å². The molecule has 19 heavy (non-hydrogen) atoms. The highest BCUT2D eigenvalue weighted by Crippen LogP contribution is 2.25. The molecule has 106 valence electrons. The van der Waals surface area contributed by atoms with Crippen LogP contribution >= 0.6 is 0 Å². The lowest BCUT2D eigenvalue weighted by Crippen LogP contribution is -2.41. The molecule has 2 atom stereocenters. The number of benzene rings is 1. The summed E-state index contributed by atoms with van der Waals surface area (Å²) < 4.78 is 41.4. The van der Waals surface area contributed by atoms with Gasteiger partial charge in [-0.3, -0.25) is 0 Å². The van der Waals surface area contributed by atoms with Crippen LogP contribution in [0.5, 0.6) is 0 Å². The van der Waals surface area contributed by atoms with Crippen molar-refractivity contribution in [2.75, 3.05) is 0 Å². The number of nitrogens with one attached hydrogen (secondary N) is 1. The van der Waals surface area contributed by atoms with Crippen LogP contribution in [0.2, 0.25) is 0 Å². The van der Waals surface area contributed by atoms with Crippen molar-refractivity contribution in [2.45, 2.75) is 38.0 Å². The average Bonchev–Trinajstić information content (AvgIpc) is 2.30. The van der Waals surface area contributed by atoms with Crippen molar-refractivity contribution >= 4 is 11.4 Å². The molecule has 0 heterocycles. The smallest absolute Gasteiger partial charge is 0.136 e. The van der Waals surface area contributed by atoms with Crippen LogP contribution in [0.25, 0.3) is 0 Å². The maximum Gasteiger partial charge on any atom is 0.136 e. The number of rotatable bonds is 5. The Hall–Kier alpha value is -0.910. The minimum Gasteiger partial charge on any atom is -0.598 e. The first-order chi connectivity index (χ1) is 8.75. The van der Waals surface area contributed by atoms with Gasteiger partial charge in [-0.05, 0) is 45.4 Å². The molecular formula is C14H19F2NOS. The minimum absolute atomic E-state index is 0.164. The summed E-state index contributed by atoms with van der Waals surface area (Å²) in [4.78, 5) is 0. The van der Waals surface area contributed by atoms with E-state index >= 15 is 0 Å². The molecule has 0 amide bonds. The lowest BCUT2D eigenvalue weighted by molar-refractivity contribution is 0.508. The van der Waals surface area contributed by atoms with Crippen molar-refractivity contribution in [3.8, 4) is 0 Å². The topological polar surface area (TPSA) is 35.1 Å². The summed E-state index contributed by atoms with van der Waals surface area (Å²) in [5.41, 5.74) is 0.164. The van der Waals surface area contributed by atoms with Gasteiger partial charge < -0.3 is 4.55 Å². The number of hydrogen-bond donors (Lipinski definition) is 1. The zero-order valence-electron chi connectivity index (χ0n) is 11.4. The van der Waals surface area contributed by atoms with E-state index in [1.165, 1.54) is 0 Å². The van der Waals surface area contributed by atoms with E-state index < -0.39 is 33.8 Å². The summed E-state index contributed by atoms with van der Waals surface area (Å²) >= 11 is -1.37. The first-order valence-corrected chi connectivity index (χ1v) is 7.14. The second kappa shape index (κ2) is 6.50. The fraction of sp³-hybridized carbons (Fsp3) is 0.429. The van der Waals surface area contributed by atoms with Crippen molar-refractivity contribution < 1.29 is 13.3 Å². The van der Waals surface area contributed by atoms with Crippen LogP contribution in [0, 0.1) is 11.6 Å². The van der Waals surface area contributed by atoms with Gasteiger partial charge in [-0.15, -0.1) is 11.3 Å². The van der Waals surface area contributed by atoms with Crippen molar-refractivity contribution in [2.24, 2.45) is 0 Å². The van der Waals surface area contributed by atoms with E-state index in [9.17, 15) is 13.3 Å². The van der Waals surface area contributed by atoms with E-state index in [0.29, 0.717) is 6.42 Å². The van der Waals surface area contributed by atoms with Gasteiger partial charge >= 0.3 is 0 Å². The van der Waals surface area contributed by atoms with Crippen LogP contribution in [-0.2, 0) is 11.4 Å². The molecule has 0 saturated heterocycles. The standard InChI is InChI=1S/C14H19F2NOS/c1-5-6-13(17-19(18)14(2,3)4)11-9-10(15)7-8-12(11)16/h5,7-9,13,17H,1,6H2,2-4H3/t13-,19?/m1/s1. The number of halogens is 2. The lowest BCUT2D eigenvalue weighted by Gasteiger charge is -2.27. The van der Waals surface area contributed by atoms with Crippen LogP contribution < -0.4 is 4.72 Å². The third kappa shape index (κ3) is 4.60. The molecule has 0 aliphatic carbocycles. The maximum absolute atomic E-state index is 13.8. The maximum atomic E-state index is 13.8. The molecule has 2 nitrogen and oxygen atoms in total. The van der Waals surface area contributed by atoms with Crippen molar-refractivity contribution in [1.29, 1.82) is 0 Å². The summed E-state index contributed by atoms with van der Waals surface area (Å²) in [7, 11) is 0. The minimum atomic E-state index is -1.37. The second-order valence-electron chi connectivity index (χ2n) is 5.24. The fourth-order valence-electron chi connectivity index (χ4n) is 1.49. The third-order valence-corrected chi connectivity index (χ3v) is 4.15. The van der Waals surface area contributed by atoms with Crippen LogP contribution in [0.15, 0.2) is 30.9 Å². The molecule has 0 aliphatic heterocycles. The molecule has 1 aromatic rings. The van der Waals surface area contributed by atoms with Gasteiger partial charge in [0.1, 0.15) is 16.4 Å². The molecule has 1 rings (SSSR count). The van der Waals surface area contributed by atoms with E-state index in [4.69, 9.17) is 0 Å². The van der Waals surface area contributed by atoms with Gasteiger partial charge in [0, 0.05) is 16.9 Å². The quantitative estimate of drug-likeness (QED) is 0.663. The van der Waals surface area contributed by atoms with Crippen LogP contribution in [0.3, 0.4) is 0 Å². The van der Waals surface area contributed by atoms with E-state index in [2.05, 4.69) is 11.3 Å². The van der Waals surface area contributed by atoms with Gasteiger partial charge in [-0.2, -0.15) is 0 Å². The Morgan fingerprint density at radius 2 is 2.05 bits per heavy atom. The highest BCUT2D eigenvalue weighted by atomic mass is 32.2. The summed E-state index contributed by atoms with van der Waals surface area (Å²) in [6.07, 6.45) is 1.95.